The molecule has 2 aromatic carbocycles. The zero-order valence-electron chi connectivity index (χ0n) is 10.6. The number of methoxy groups -OCH3 is 1. The Morgan fingerprint density at radius 3 is 2.45 bits per heavy atom. The van der Waals surface area contributed by atoms with Crippen LogP contribution in [-0.4, -0.2) is 13.0 Å². The second kappa shape index (κ2) is 6.28. The van der Waals surface area contributed by atoms with Gasteiger partial charge in [0.25, 0.3) is 5.91 Å². The van der Waals surface area contributed by atoms with Gasteiger partial charge in [-0.2, -0.15) is 0 Å². The fourth-order valence-electron chi connectivity index (χ4n) is 1.66. The number of para-hydroxylation sites is 1. The highest BCUT2D eigenvalue weighted by Gasteiger charge is 2.14. The molecule has 0 unspecified atom stereocenters. The van der Waals surface area contributed by atoms with E-state index >= 15 is 0 Å². The lowest BCUT2D eigenvalue weighted by Gasteiger charge is -2.11. The number of rotatable bonds is 3. The molecular weight excluding hydrogens is 388 g/mol. The Kier molecular flexibility index (Phi) is 4.67. The molecule has 0 aliphatic rings. The monoisotopic (exact) mass is 398 g/mol. The number of anilines is 2. The Bertz CT molecular complexity index is 639. The molecule has 0 fully saturated rings. The lowest BCUT2D eigenvalue weighted by Crippen LogP contribution is -2.15. The topological polar surface area (TPSA) is 64.3 Å². The summed E-state index contributed by atoms with van der Waals surface area (Å²) in [6.45, 7) is 0. The molecular formula is C14H12Br2N2O2. The summed E-state index contributed by atoms with van der Waals surface area (Å²) in [7, 11) is 1.54. The van der Waals surface area contributed by atoms with Crippen molar-refractivity contribution in [2.75, 3.05) is 18.2 Å². The summed E-state index contributed by atoms with van der Waals surface area (Å²) in [5.74, 6) is 0.282. The van der Waals surface area contributed by atoms with Crippen molar-refractivity contribution in [1.29, 1.82) is 0 Å². The number of nitrogens with two attached hydrogens (primary N) is 1. The van der Waals surface area contributed by atoms with E-state index in [-0.39, 0.29) is 5.91 Å². The van der Waals surface area contributed by atoms with Crippen molar-refractivity contribution in [2.45, 2.75) is 0 Å². The standard InChI is InChI=1S/C14H12Br2N2O2/c1-20-8-5-6-12(17)9(7-8)14(19)18-13-10(15)3-2-4-11(13)16/h2-7H,17H2,1H3,(H,18,19). The molecule has 6 heteroatoms. The first kappa shape index (κ1) is 14.9. The highest BCUT2D eigenvalue weighted by molar-refractivity contribution is 9.11. The van der Waals surface area contributed by atoms with Crippen LogP contribution in [0, 0.1) is 0 Å². The summed E-state index contributed by atoms with van der Waals surface area (Å²) in [4.78, 5) is 12.3. The first-order valence-electron chi connectivity index (χ1n) is 5.72. The Morgan fingerprint density at radius 1 is 1.20 bits per heavy atom. The molecule has 4 nitrogen and oxygen atoms in total. The second-order valence-electron chi connectivity index (χ2n) is 4.00. The van der Waals surface area contributed by atoms with Gasteiger partial charge in [0.1, 0.15) is 5.75 Å². The van der Waals surface area contributed by atoms with Crippen LogP contribution < -0.4 is 15.8 Å². The lowest BCUT2D eigenvalue weighted by atomic mass is 10.1. The molecule has 0 heterocycles. The molecule has 0 saturated carbocycles. The lowest BCUT2D eigenvalue weighted by molar-refractivity contribution is 0.102. The quantitative estimate of drug-likeness (QED) is 0.765. The number of hydrogen-bond acceptors (Lipinski definition) is 3. The molecule has 20 heavy (non-hydrogen) atoms. The van der Waals surface area contributed by atoms with Crippen LogP contribution in [0.5, 0.6) is 5.75 Å². The van der Waals surface area contributed by atoms with Gasteiger partial charge >= 0.3 is 0 Å². The molecule has 0 aliphatic heterocycles. The Morgan fingerprint density at radius 2 is 1.85 bits per heavy atom. The molecule has 0 aromatic heterocycles. The minimum absolute atomic E-state index is 0.297. The van der Waals surface area contributed by atoms with E-state index in [9.17, 15) is 4.79 Å². The van der Waals surface area contributed by atoms with E-state index in [2.05, 4.69) is 37.2 Å². The zero-order chi connectivity index (χ0) is 14.7. The van der Waals surface area contributed by atoms with Crippen LogP contribution in [0.1, 0.15) is 10.4 Å². The Hall–Kier alpha value is -1.53. The van der Waals surface area contributed by atoms with Gasteiger partial charge in [-0.05, 0) is 62.2 Å². The van der Waals surface area contributed by atoms with Crippen LogP contribution in [0.2, 0.25) is 0 Å². The fraction of sp³-hybridized carbons (Fsp3) is 0.0714. The maximum atomic E-state index is 12.3. The van der Waals surface area contributed by atoms with Gasteiger partial charge in [-0.3, -0.25) is 4.79 Å². The number of nitrogen functional groups attached to an aromatic ring is 1. The molecule has 1 amide bonds. The number of halogens is 2. The number of hydrogen-bond donors (Lipinski definition) is 2. The number of ether oxygens (including phenoxy) is 1. The molecule has 0 radical (unpaired) electrons. The minimum atomic E-state index is -0.297. The molecule has 2 rings (SSSR count). The summed E-state index contributed by atoms with van der Waals surface area (Å²) < 4.78 is 6.66. The van der Waals surface area contributed by atoms with Crippen LogP contribution in [0.25, 0.3) is 0 Å². The summed E-state index contributed by atoms with van der Waals surface area (Å²) in [6, 6.07) is 10.5. The van der Waals surface area contributed by atoms with Gasteiger partial charge in [0, 0.05) is 14.6 Å². The van der Waals surface area contributed by atoms with Crippen molar-refractivity contribution in [2.24, 2.45) is 0 Å². The number of carbonyl (C=O) groups excluding carboxylic acids is 1. The van der Waals surface area contributed by atoms with Gasteiger partial charge in [-0.15, -0.1) is 0 Å². The van der Waals surface area contributed by atoms with Crippen molar-refractivity contribution in [3.63, 3.8) is 0 Å². The maximum absolute atomic E-state index is 12.3. The zero-order valence-corrected chi connectivity index (χ0v) is 13.8. The average Bonchev–Trinajstić information content (AvgIpc) is 2.43. The van der Waals surface area contributed by atoms with Crippen LogP contribution in [0.3, 0.4) is 0 Å². The first-order valence-corrected chi connectivity index (χ1v) is 7.30. The summed E-state index contributed by atoms with van der Waals surface area (Å²) >= 11 is 6.79. The molecule has 0 aliphatic carbocycles. The van der Waals surface area contributed by atoms with E-state index < -0.39 is 0 Å². The maximum Gasteiger partial charge on any atom is 0.257 e. The van der Waals surface area contributed by atoms with Crippen molar-refractivity contribution >= 4 is 49.1 Å². The highest BCUT2D eigenvalue weighted by Crippen LogP contribution is 2.31. The van der Waals surface area contributed by atoms with Gasteiger partial charge < -0.3 is 15.8 Å². The van der Waals surface area contributed by atoms with E-state index in [1.807, 2.05) is 18.2 Å². The van der Waals surface area contributed by atoms with Gasteiger partial charge in [0.05, 0.1) is 18.4 Å². The second-order valence-corrected chi connectivity index (χ2v) is 5.71. The third-order valence-corrected chi connectivity index (χ3v) is 4.03. The van der Waals surface area contributed by atoms with Crippen LogP contribution >= 0.6 is 31.9 Å². The van der Waals surface area contributed by atoms with E-state index in [0.717, 1.165) is 8.95 Å². The van der Waals surface area contributed by atoms with Crippen LogP contribution in [0.15, 0.2) is 45.3 Å². The van der Waals surface area contributed by atoms with Crippen molar-refractivity contribution in [3.05, 3.63) is 50.9 Å². The summed E-state index contributed by atoms with van der Waals surface area (Å²) in [5.41, 5.74) is 7.25. The molecule has 0 atom stereocenters. The first-order chi connectivity index (χ1) is 9.52. The SMILES string of the molecule is COc1ccc(N)c(C(=O)Nc2c(Br)cccc2Br)c1. The fourth-order valence-corrected chi connectivity index (χ4v) is 2.85. The minimum Gasteiger partial charge on any atom is -0.497 e. The summed E-state index contributed by atoms with van der Waals surface area (Å²) in [6.07, 6.45) is 0. The van der Waals surface area contributed by atoms with Gasteiger partial charge in [-0.25, -0.2) is 0 Å². The van der Waals surface area contributed by atoms with E-state index in [1.165, 1.54) is 7.11 Å². The largest absolute Gasteiger partial charge is 0.497 e. The van der Waals surface area contributed by atoms with Crippen molar-refractivity contribution in [3.8, 4) is 5.75 Å². The van der Waals surface area contributed by atoms with Crippen LogP contribution in [0.4, 0.5) is 11.4 Å². The van der Waals surface area contributed by atoms with Gasteiger partial charge in [0.2, 0.25) is 0 Å². The molecule has 2 aromatic rings. The summed E-state index contributed by atoms with van der Waals surface area (Å²) in [5, 5.41) is 2.82. The number of nitrogens with one attached hydrogen (secondary N) is 1. The van der Waals surface area contributed by atoms with E-state index in [0.29, 0.717) is 22.7 Å². The predicted molar refractivity (Wildman–Crippen MR) is 87.2 cm³/mol. The third-order valence-electron chi connectivity index (χ3n) is 2.71. The predicted octanol–water partition coefficient (Wildman–Crippen LogP) is 4.05. The van der Waals surface area contributed by atoms with Crippen molar-refractivity contribution in [1.82, 2.24) is 0 Å². The Balaban J connectivity index is 2.33. The van der Waals surface area contributed by atoms with E-state index in [1.54, 1.807) is 18.2 Å². The number of carbonyl (C=O) groups is 1. The van der Waals surface area contributed by atoms with Gasteiger partial charge in [-0.1, -0.05) is 6.07 Å². The molecule has 3 N–H and O–H groups in total. The van der Waals surface area contributed by atoms with Crippen LogP contribution in [-0.2, 0) is 0 Å². The molecule has 0 spiro atoms. The number of amides is 1. The normalized spacial score (nSPS) is 10.2. The molecule has 0 bridgehead atoms. The molecule has 0 saturated heterocycles. The Labute approximate surface area is 133 Å². The van der Waals surface area contributed by atoms with Gasteiger partial charge in [0.15, 0.2) is 0 Å². The average molecular weight is 400 g/mol. The highest BCUT2D eigenvalue weighted by atomic mass is 79.9. The number of benzene rings is 2. The van der Waals surface area contributed by atoms with Crippen molar-refractivity contribution < 1.29 is 9.53 Å². The van der Waals surface area contributed by atoms with E-state index in [4.69, 9.17) is 10.5 Å². The smallest absolute Gasteiger partial charge is 0.257 e. The molecule has 104 valence electrons. The third kappa shape index (κ3) is 3.13.